The fourth-order valence-corrected chi connectivity index (χ4v) is 2.71. The standard InChI is InChI=1S/C14H15BrN4OS/c1-8-7-12(16)19-14(17-8)21-9(2)13(20)18-11-5-3-10(15)4-6-11/h3-7,9H,1-2H3,(H,18,20)(H2,16,17,19)/t9-/m0/s1. The van der Waals surface area contributed by atoms with E-state index in [-0.39, 0.29) is 11.2 Å². The quantitative estimate of drug-likeness (QED) is 0.641. The third kappa shape index (κ3) is 4.71. The van der Waals surface area contributed by atoms with Crippen LogP contribution in [0.4, 0.5) is 11.5 Å². The molecule has 1 amide bonds. The Labute approximate surface area is 135 Å². The van der Waals surface area contributed by atoms with Gasteiger partial charge in [-0.05, 0) is 38.1 Å². The van der Waals surface area contributed by atoms with E-state index in [0.29, 0.717) is 11.0 Å². The average Bonchev–Trinajstić information content (AvgIpc) is 2.40. The summed E-state index contributed by atoms with van der Waals surface area (Å²) < 4.78 is 0.964. The number of thioether (sulfide) groups is 1. The molecule has 110 valence electrons. The number of benzene rings is 1. The van der Waals surface area contributed by atoms with Crippen molar-refractivity contribution in [3.05, 3.63) is 40.5 Å². The van der Waals surface area contributed by atoms with Crippen LogP contribution < -0.4 is 11.1 Å². The lowest BCUT2D eigenvalue weighted by molar-refractivity contribution is -0.115. The Kier molecular flexibility index (Phi) is 5.19. The smallest absolute Gasteiger partial charge is 0.237 e. The minimum Gasteiger partial charge on any atom is -0.384 e. The summed E-state index contributed by atoms with van der Waals surface area (Å²) in [6.45, 7) is 3.65. The van der Waals surface area contributed by atoms with Crippen molar-refractivity contribution in [2.24, 2.45) is 0 Å². The number of carbonyl (C=O) groups is 1. The van der Waals surface area contributed by atoms with E-state index in [4.69, 9.17) is 5.73 Å². The van der Waals surface area contributed by atoms with Crippen molar-refractivity contribution in [3.63, 3.8) is 0 Å². The van der Waals surface area contributed by atoms with Gasteiger partial charge in [0.2, 0.25) is 5.91 Å². The molecule has 3 N–H and O–H groups in total. The van der Waals surface area contributed by atoms with Crippen molar-refractivity contribution in [2.45, 2.75) is 24.3 Å². The number of amides is 1. The fraction of sp³-hybridized carbons (Fsp3) is 0.214. The molecule has 0 bridgehead atoms. The maximum Gasteiger partial charge on any atom is 0.237 e. The molecule has 1 heterocycles. The Morgan fingerprint density at radius 2 is 2.00 bits per heavy atom. The number of anilines is 2. The number of aromatic nitrogens is 2. The number of hydrogen-bond acceptors (Lipinski definition) is 5. The first-order chi connectivity index (χ1) is 9.94. The highest BCUT2D eigenvalue weighted by atomic mass is 79.9. The third-order valence-electron chi connectivity index (χ3n) is 2.62. The normalized spacial score (nSPS) is 12.0. The first-order valence-corrected chi connectivity index (χ1v) is 7.95. The highest BCUT2D eigenvalue weighted by Gasteiger charge is 2.16. The predicted molar refractivity (Wildman–Crippen MR) is 89.3 cm³/mol. The van der Waals surface area contributed by atoms with Crippen LogP contribution in [0, 0.1) is 6.92 Å². The summed E-state index contributed by atoms with van der Waals surface area (Å²) in [6, 6.07) is 9.10. The number of nitrogen functional groups attached to an aromatic ring is 1. The van der Waals surface area contributed by atoms with Gasteiger partial charge in [0.25, 0.3) is 0 Å². The van der Waals surface area contributed by atoms with Gasteiger partial charge in [-0.25, -0.2) is 9.97 Å². The Morgan fingerprint density at radius 3 is 2.62 bits per heavy atom. The lowest BCUT2D eigenvalue weighted by Gasteiger charge is -2.11. The van der Waals surface area contributed by atoms with Gasteiger partial charge in [-0.2, -0.15) is 0 Å². The van der Waals surface area contributed by atoms with Crippen molar-refractivity contribution in [1.29, 1.82) is 0 Å². The molecule has 0 aliphatic heterocycles. The summed E-state index contributed by atoms with van der Waals surface area (Å²) in [5.41, 5.74) is 7.21. The largest absolute Gasteiger partial charge is 0.384 e. The van der Waals surface area contributed by atoms with Crippen LogP contribution in [0.1, 0.15) is 12.6 Å². The van der Waals surface area contributed by atoms with E-state index in [2.05, 4.69) is 31.2 Å². The zero-order chi connectivity index (χ0) is 15.4. The third-order valence-corrected chi connectivity index (χ3v) is 4.11. The highest BCUT2D eigenvalue weighted by Crippen LogP contribution is 2.22. The molecule has 0 radical (unpaired) electrons. The van der Waals surface area contributed by atoms with Gasteiger partial charge in [-0.3, -0.25) is 4.79 Å². The van der Waals surface area contributed by atoms with Crippen molar-refractivity contribution >= 4 is 45.1 Å². The fourth-order valence-electron chi connectivity index (χ4n) is 1.61. The number of hydrogen-bond donors (Lipinski definition) is 2. The van der Waals surface area contributed by atoms with E-state index in [0.717, 1.165) is 15.9 Å². The number of nitrogens with one attached hydrogen (secondary N) is 1. The first-order valence-electron chi connectivity index (χ1n) is 6.28. The molecule has 5 nitrogen and oxygen atoms in total. The number of aryl methyl sites for hydroxylation is 1. The number of rotatable bonds is 4. The molecule has 0 aliphatic rings. The van der Waals surface area contributed by atoms with Gasteiger partial charge in [-0.15, -0.1) is 0 Å². The van der Waals surface area contributed by atoms with Gasteiger partial charge in [0, 0.05) is 21.9 Å². The molecule has 1 aromatic heterocycles. The van der Waals surface area contributed by atoms with Crippen molar-refractivity contribution in [3.8, 4) is 0 Å². The molecule has 0 fully saturated rings. The van der Waals surface area contributed by atoms with E-state index in [1.54, 1.807) is 13.0 Å². The molecule has 21 heavy (non-hydrogen) atoms. The Morgan fingerprint density at radius 1 is 1.33 bits per heavy atom. The van der Waals surface area contributed by atoms with E-state index in [1.165, 1.54) is 11.8 Å². The zero-order valence-electron chi connectivity index (χ0n) is 11.6. The summed E-state index contributed by atoms with van der Waals surface area (Å²) >= 11 is 4.63. The van der Waals surface area contributed by atoms with Gasteiger partial charge >= 0.3 is 0 Å². The maximum atomic E-state index is 12.1. The molecule has 0 spiro atoms. The van der Waals surface area contributed by atoms with Crippen LogP contribution in [0.15, 0.2) is 40.0 Å². The minimum atomic E-state index is -0.324. The summed E-state index contributed by atoms with van der Waals surface area (Å²) in [5.74, 6) is 0.302. The summed E-state index contributed by atoms with van der Waals surface area (Å²) in [6.07, 6.45) is 0. The summed E-state index contributed by atoms with van der Waals surface area (Å²) in [5, 5.41) is 3.03. The van der Waals surface area contributed by atoms with Crippen LogP contribution in [-0.2, 0) is 4.79 Å². The van der Waals surface area contributed by atoms with Gasteiger partial charge in [-0.1, -0.05) is 27.7 Å². The highest BCUT2D eigenvalue weighted by molar-refractivity contribution is 9.10. The summed E-state index contributed by atoms with van der Waals surface area (Å²) in [7, 11) is 0. The molecular formula is C14H15BrN4OS. The van der Waals surface area contributed by atoms with Crippen LogP contribution in [0.5, 0.6) is 0 Å². The second-order valence-electron chi connectivity index (χ2n) is 4.47. The number of carbonyl (C=O) groups excluding carboxylic acids is 1. The van der Waals surface area contributed by atoms with Crippen LogP contribution in [0.25, 0.3) is 0 Å². The molecule has 1 atom stereocenters. The Hall–Kier alpha value is -1.60. The average molecular weight is 367 g/mol. The summed E-state index contributed by atoms with van der Waals surface area (Å²) in [4.78, 5) is 20.5. The molecule has 2 aromatic rings. The monoisotopic (exact) mass is 366 g/mol. The van der Waals surface area contributed by atoms with Gasteiger partial charge in [0.05, 0.1) is 5.25 Å². The van der Waals surface area contributed by atoms with Crippen LogP contribution in [0.3, 0.4) is 0 Å². The van der Waals surface area contributed by atoms with E-state index >= 15 is 0 Å². The second-order valence-corrected chi connectivity index (χ2v) is 6.70. The number of nitrogens with two attached hydrogens (primary N) is 1. The Bertz CT molecular complexity index is 628. The molecule has 0 unspecified atom stereocenters. The van der Waals surface area contributed by atoms with E-state index in [9.17, 15) is 4.79 Å². The number of nitrogens with zero attached hydrogens (tertiary/aromatic N) is 2. The van der Waals surface area contributed by atoms with E-state index < -0.39 is 0 Å². The second kappa shape index (κ2) is 6.91. The van der Waals surface area contributed by atoms with Gasteiger partial charge in [0.1, 0.15) is 5.82 Å². The lowest BCUT2D eigenvalue weighted by Crippen LogP contribution is -2.22. The molecular weight excluding hydrogens is 352 g/mol. The lowest BCUT2D eigenvalue weighted by atomic mass is 10.3. The maximum absolute atomic E-state index is 12.1. The van der Waals surface area contributed by atoms with E-state index in [1.807, 2.05) is 31.2 Å². The molecule has 2 rings (SSSR count). The van der Waals surface area contributed by atoms with Crippen molar-refractivity contribution in [1.82, 2.24) is 9.97 Å². The SMILES string of the molecule is Cc1cc(N)nc(S[C@@H](C)C(=O)Nc2ccc(Br)cc2)n1. The molecule has 0 aliphatic carbocycles. The predicted octanol–water partition coefficient (Wildman–Crippen LogP) is 3.25. The number of halogens is 1. The topological polar surface area (TPSA) is 80.9 Å². The zero-order valence-corrected chi connectivity index (χ0v) is 14.0. The van der Waals surface area contributed by atoms with Gasteiger partial charge in [0.15, 0.2) is 5.16 Å². The van der Waals surface area contributed by atoms with Crippen molar-refractivity contribution < 1.29 is 4.79 Å². The molecule has 0 saturated carbocycles. The molecule has 7 heteroatoms. The first kappa shape index (κ1) is 15.8. The van der Waals surface area contributed by atoms with Crippen molar-refractivity contribution in [2.75, 3.05) is 11.1 Å². The molecule has 1 aromatic carbocycles. The Balaban J connectivity index is 2.00. The van der Waals surface area contributed by atoms with Crippen LogP contribution >= 0.6 is 27.7 Å². The van der Waals surface area contributed by atoms with Crippen LogP contribution in [0.2, 0.25) is 0 Å². The van der Waals surface area contributed by atoms with Gasteiger partial charge < -0.3 is 11.1 Å². The molecule has 0 saturated heterocycles. The minimum absolute atomic E-state index is 0.106. The van der Waals surface area contributed by atoms with Crippen LogP contribution in [-0.4, -0.2) is 21.1 Å².